The van der Waals surface area contributed by atoms with Crippen molar-refractivity contribution in [2.24, 2.45) is 5.16 Å². The minimum atomic E-state index is 0.855. The second-order valence-electron chi connectivity index (χ2n) is 3.39. The van der Waals surface area contributed by atoms with Crippen LogP contribution in [0.4, 0.5) is 0 Å². The maximum absolute atomic E-state index is 8.39. The van der Waals surface area contributed by atoms with Gasteiger partial charge in [-0.15, -0.1) is 0 Å². The van der Waals surface area contributed by atoms with Gasteiger partial charge in [-0.3, -0.25) is 4.98 Å². The summed E-state index contributed by atoms with van der Waals surface area (Å²) in [6.45, 7) is 0. The van der Waals surface area contributed by atoms with Crippen LogP contribution >= 0.6 is 11.4 Å². The number of hydrogen-bond donors (Lipinski definition) is 3. The number of nitrogens with zero attached hydrogens (tertiary/aromatic N) is 2. The molecule has 1 aromatic heterocycles. The molecule has 0 saturated carbocycles. The Balaban J connectivity index is 1.82. The van der Waals surface area contributed by atoms with Crippen molar-refractivity contribution < 1.29 is 5.21 Å². The highest BCUT2D eigenvalue weighted by molar-refractivity contribution is 8.01. The number of rotatable bonds is 4. The van der Waals surface area contributed by atoms with Crippen LogP contribution in [0.15, 0.2) is 40.8 Å². The molecule has 16 heavy (non-hydrogen) atoms. The predicted molar refractivity (Wildman–Crippen MR) is 68.0 cm³/mol. The summed E-state index contributed by atoms with van der Waals surface area (Å²) < 4.78 is 0. The highest BCUT2D eigenvalue weighted by Gasteiger charge is 2.05. The van der Waals surface area contributed by atoms with Gasteiger partial charge in [0.05, 0.1) is 11.9 Å². The topological polar surface area (TPSA) is 57.5 Å². The lowest BCUT2D eigenvalue weighted by Crippen LogP contribution is -2.19. The first kappa shape index (κ1) is 10.9. The van der Waals surface area contributed by atoms with E-state index in [1.165, 1.54) is 16.8 Å². The zero-order valence-electron chi connectivity index (χ0n) is 8.67. The summed E-state index contributed by atoms with van der Waals surface area (Å²) in [6, 6.07) is 4.05. The first-order valence-corrected chi connectivity index (χ1v) is 5.95. The van der Waals surface area contributed by atoms with Crippen molar-refractivity contribution in [1.29, 1.82) is 0 Å². The quantitative estimate of drug-likeness (QED) is 0.244. The molecule has 0 spiro atoms. The van der Waals surface area contributed by atoms with Gasteiger partial charge in [0.25, 0.3) is 0 Å². The molecule has 0 aliphatic carbocycles. The number of aromatic nitrogens is 1. The van der Waals surface area contributed by atoms with Crippen LogP contribution in [0.2, 0.25) is 0 Å². The molecule has 1 aliphatic heterocycles. The molecule has 0 unspecified atom stereocenters. The van der Waals surface area contributed by atoms with Crippen molar-refractivity contribution in [2.75, 3.05) is 0 Å². The van der Waals surface area contributed by atoms with Gasteiger partial charge in [-0.2, -0.15) is 11.4 Å². The second-order valence-corrected chi connectivity index (χ2v) is 4.44. The SMILES string of the molecule is O/N=C/C1=C[SH]=C(CCc2ccncc2)N1. The van der Waals surface area contributed by atoms with Gasteiger partial charge in [-0.25, -0.2) is 0 Å². The fourth-order valence-corrected chi connectivity index (χ4v) is 2.31. The van der Waals surface area contributed by atoms with E-state index in [1.807, 2.05) is 29.9 Å². The standard InChI is InChI=1S/C11H13N3OS/c15-13-7-10-8-16-11(14-10)2-1-9-3-5-12-6-4-9/h3-8,14-16H,1-2H2/b13-7+. The van der Waals surface area contributed by atoms with Gasteiger partial charge in [-0.1, -0.05) is 5.16 Å². The Kier molecular flexibility index (Phi) is 3.71. The number of hydrogen-bond acceptors (Lipinski definition) is 4. The van der Waals surface area contributed by atoms with Crippen molar-refractivity contribution in [1.82, 2.24) is 10.3 Å². The number of allylic oxidation sites excluding steroid dienone is 1. The van der Waals surface area contributed by atoms with Crippen LogP contribution in [0.1, 0.15) is 12.0 Å². The zero-order chi connectivity index (χ0) is 11.2. The van der Waals surface area contributed by atoms with Crippen LogP contribution in [0, 0.1) is 0 Å². The molecule has 0 aromatic carbocycles. The summed E-state index contributed by atoms with van der Waals surface area (Å²) in [6.07, 6.45) is 7.00. The molecule has 5 heteroatoms. The molecular formula is C11H13N3OS. The van der Waals surface area contributed by atoms with Gasteiger partial charge < -0.3 is 10.5 Å². The molecule has 4 nitrogen and oxygen atoms in total. The minimum Gasteiger partial charge on any atom is -0.411 e. The van der Waals surface area contributed by atoms with E-state index < -0.39 is 0 Å². The van der Waals surface area contributed by atoms with Gasteiger partial charge in [0.1, 0.15) is 0 Å². The largest absolute Gasteiger partial charge is 0.411 e. The van der Waals surface area contributed by atoms with Gasteiger partial charge in [0.2, 0.25) is 0 Å². The molecule has 2 rings (SSSR count). The third-order valence-corrected chi connectivity index (χ3v) is 3.30. The zero-order valence-corrected chi connectivity index (χ0v) is 9.56. The number of pyridine rings is 1. The van der Waals surface area contributed by atoms with E-state index in [0.717, 1.165) is 29.9 Å². The van der Waals surface area contributed by atoms with Gasteiger partial charge in [0.15, 0.2) is 0 Å². The van der Waals surface area contributed by atoms with E-state index in [2.05, 4.69) is 15.5 Å². The molecule has 0 saturated heterocycles. The third kappa shape index (κ3) is 2.93. The first-order chi connectivity index (χ1) is 7.88. The lowest BCUT2D eigenvalue weighted by molar-refractivity contribution is 0.321. The average molecular weight is 235 g/mol. The summed E-state index contributed by atoms with van der Waals surface area (Å²) >= 11 is 1.15. The Morgan fingerprint density at radius 3 is 2.94 bits per heavy atom. The number of aryl methyl sites for hydroxylation is 1. The Morgan fingerprint density at radius 2 is 2.19 bits per heavy atom. The summed E-state index contributed by atoms with van der Waals surface area (Å²) in [7, 11) is 0. The van der Waals surface area contributed by atoms with E-state index in [-0.39, 0.29) is 0 Å². The maximum Gasteiger partial charge on any atom is 0.0901 e. The molecule has 2 N–H and O–H groups in total. The molecule has 0 bridgehead atoms. The maximum atomic E-state index is 8.39. The molecular weight excluding hydrogens is 222 g/mol. The molecule has 84 valence electrons. The van der Waals surface area contributed by atoms with Crippen molar-refractivity contribution in [3.63, 3.8) is 0 Å². The van der Waals surface area contributed by atoms with E-state index in [4.69, 9.17) is 5.21 Å². The highest BCUT2D eigenvalue weighted by Crippen LogP contribution is 2.10. The van der Waals surface area contributed by atoms with Crippen molar-refractivity contribution in [3.8, 4) is 0 Å². The number of oxime groups is 1. The predicted octanol–water partition coefficient (Wildman–Crippen LogP) is 1.51. The van der Waals surface area contributed by atoms with E-state index >= 15 is 0 Å². The van der Waals surface area contributed by atoms with Crippen LogP contribution in [-0.4, -0.2) is 21.4 Å². The normalized spacial score (nSPS) is 15.2. The lowest BCUT2D eigenvalue weighted by atomic mass is 10.1. The third-order valence-electron chi connectivity index (χ3n) is 2.24. The molecule has 0 atom stereocenters. The van der Waals surface area contributed by atoms with Crippen molar-refractivity contribution in [2.45, 2.75) is 12.8 Å². The monoisotopic (exact) mass is 235 g/mol. The van der Waals surface area contributed by atoms with E-state index in [1.54, 1.807) is 0 Å². The summed E-state index contributed by atoms with van der Waals surface area (Å²) in [4.78, 5) is 5.21. The minimum absolute atomic E-state index is 0.855. The second kappa shape index (κ2) is 5.46. The van der Waals surface area contributed by atoms with Crippen molar-refractivity contribution in [3.05, 3.63) is 41.2 Å². The number of thiol groups is 1. The Morgan fingerprint density at radius 1 is 1.38 bits per heavy atom. The van der Waals surface area contributed by atoms with E-state index in [9.17, 15) is 0 Å². The van der Waals surface area contributed by atoms with Crippen LogP contribution in [0.3, 0.4) is 0 Å². The average Bonchev–Trinajstić information content (AvgIpc) is 2.76. The van der Waals surface area contributed by atoms with Gasteiger partial charge >= 0.3 is 0 Å². The van der Waals surface area contributed by atoms with E-state index in [0.29, 0.717) is 0 Å². The summed E-state index contributed by atoms with van der Waals surface area (Å²) in [5.74, 6) is 0. The molecule has 2 heterocycles. The number of nitrogens with one attached hydrogen (secondary N) is 1. The summed E-state index contributed by atoms with van der Waals surface area (Å²) in [5.41, 5.74) is 2.14. The molecule has 0 amide bonds. The van der Waals surface area contributed by atoms with Crippen LogP contribution in [0.25, 0.3) is 0 Å². The Labute approximate surface area is 97.7 Å². The van der Waals surface area contributed by atoms with Crippen LogP contribution in [0.5, 0.6) is 0 Å². The van der Waals surface area contributed by atoms with Crippen LogP contribution in [-0.2, 0) is 6.42 Å². The highest BCUT2D eigenvalue weighted by atomic mass is 32.1. The smallest absolute Gasteiger partial charge is 0.0901 e. The van der Waals surface area contributed by atoms with Gasteiger partial charge in [-0.05, 0) is 35.9 Å². The summed E-state index contributed by atoms with van der Waals surface area (Å²) in [5, 5.41) is 16.6. The van der Waals surface area contributed by atoms with Gasteiger partial charge in [0, 0.05) is 17.4 Å². The van der Waals surface area contributed by atoms with Crippen molar-refractivity contribution >= 4 is 22.6 Å². The molecule has 1 aliphatic rings. The lowest BCUT2D eigenvalue weighted by Gasteiger charge is -2.05. The molecule has 1 aromatic rings. The first-order valence-electron chi connectivity index (χ1n) is 4.98. The van der Waals surface area contributed by atoms with Crippen LogP contribution < -0.4 is 5.32 Å². The molecule has 0 fully saturated rings. The molecule has 0 radical (unpaired) electrons. The fourth-order valence-electron chi connectivity index (χ4n) is 1.45. The fraction of sp³-hybridized carbons (Fsp3) is 0.182. The Hall–Kier alpha value is -1.62. The Bertz CT molecular complexity index is 440.